The Kier molecular flexibility index (Phi) is 10.3. The maximum absolute atomic E-state index is 14.6. The molecule has 0 fully saturated rings. The molecule has 2 aromatic carbocycles. The monoisotopic (exact) mass is 546 g/mol. The summed E-state index contributed by atoms with van der Waals surface area (Å²) >= 11 is 12.3. The van der Waals surface area contributed by atoms with Gasteiger partial charge < -0.3 is 10.2 Å². The zero-order chi connectivity index (χ0) is 26.3. The van der Waals surface area contributed by atoms with Gasteiger partial charge in [-0.1, -0.05) is 48.3 Å². The number of carbonyl (C=O) groups is 2. The standard InChI is InChI=1S/C23H29Cl2FN4O4S/c1-5-12-27-23(32)16(2)29(14-17-10-11-18(24)13-19(17)25)22(31)15-30(35(33,34)28(3)4)21-9-7-6-8-20(21)26/h6-11,13,16H,5,12,14-15H2,1-4H3,(H,27,32)/t16-/m0/s1. The quantitative estimate of drug-likeness (QED) is 0.465. The van der Waals surface area contributed by atoms with Crippen LogP contribution in [-0.2, 0) is 26.3 Å². The molecule has 0 aliphatic carbocycles. The largest absolute Gasteiger partial charge is 0.354 e. The Hall–Kier alpha value is -2.40. The van der Waals surface area contributed by atoms with E-state index in [1.54, 1.807) is 12.1 Å². The summed E-state index contributed by atoms with van der Waals surface area (Å²) < 4.78 is 42.2. The van der Waals surface area contributed by atoms with Gasteiger partial charge in [-0.2, -0.15) is 12.7 Å². The van der Waals surface area contributed by atoms with Crippen LogP contribution in [0, 0.1) is 5.82 Å². The Bertz CT molecular complexity index is 1160. The number of amides is 2. The van der Waals surface area contributed by atoms with Gasteiger partial charge in [0.2, 0.25) is 11.8 Å². The lowest BCUT2D eigenvalue weighted by Gasteiger charge is -2.33. The first-order valence-corrected chi connectivity index (χ1v) is 13.0. The zero-order valence-corrected chi connectivity index (χ0v) is 22.3. The van der Waals surface area contributed by atoms with E-state index in [0.717, 1.165) is 10.4 Å². The van der Waals surface area contributed by atoms with Crippen LogP contribution in [0.1, 0.15) is 25.8 Å². The molecule has 0 spiro atoms. The van der Waals surface area contributed by atoms with Gasteiger partial charge in [0.05, 0.1) is 5.69 Å². The van der Waals surface area contributed by atoms with Crippen molar-refractivity contribution in [2.75, 3.05) is 31.5 Å². The molecule has 1 N–H and O–H groups in total. The molecule has 0 aliphatic heterocycles. The summed E-state index contributed by atoms with van der Waals surface area (Å²) in [5, 5.41) is 3.41. The van der Waals surface area contributed by atoms with E-state index in [1.807, 2.05) is 6.92 Å². The van der Waals surface area contributed by atoms with Crippen LogP contribution < -0.4 is 9.62 Å². The minimum atomic E-state index is -4.25. The number of nitrogens with zero attached hydrogens (tertiary/aromatic N) is 3. The van der Waals surface area contributed by atoms with Crippen molar-refractivity contribution >= 4 is 50.9 Å². The molecule has 2 amide bonds. The number of halogens is 3. The summed E-state index contributed by atoms with van der Waals surface area (Å²) in [7, 11) is -1.70. The van der Waals surface area contributed by atoms with E-state index in [4.69, 9.17) is 23.2 Å². The van der Waals surface area contributed by atoms with E-state index in [1.165, 1.54) is 50.2 Å². The molecule has 1 atom stereocenters. The van der Waals surface area contributed by atoms with Gasteiger partial charge in [-0.15, -0.1) is 0 Å². The highest BCUT2D eigenvalue weighted by atomic mass is 35.5. The molecule has 192 valence electrons. The van der Waals surface area contributed by atoms with Crippen molar-refractivity contribution in [2.45, 2.75) is 32.9 Å². The average molecular weight is 547 g/mol. The molecule has 0 unspecified atom stereocenters. The van der Waals surface area contributed by atoms with Gasteiger partial charge in [0.25, 0.3) is 0 Å². The minimum absolute atomic E-state index is 0.0946. The number of benzene rings is 2. The van der Waals surface area contributed by atoms with E-state index in [0.29, 0.717) is 27.9 Å². The molecule has 2 rings (SSSR count). The van der Waals surface area contributed by atoms with Gasteiger partial charge in [0, 0.05) is 37.2 Å². The van der Waals surface area contributed by atoms with Crippen LogP contribution in [-0.4, -0.2) is 62.7 Å². The van der Waals surface area contributed by atoms with Gasteiger partial charge in [-0.25, -0.2) is 8.70 Å². The predicted octanol–water partition coefficient (Wildman–Crippen LogP) is 3.69. The molecule has 0 saturated carbocycles. The molecule has 0 bridgehead atoms. The van der Waals surface area contributed by atoms with Crippen molar-refractivity contribution in [2.24, 2.45) is 0 Å². The highest BCUT2D eigenvalue weighted by Crippen LogP contribution is 2.26. The number of para-hydroxylation sites is 1. The fourth-order valence-electron chi connectivity index (χ4n) is 3.17. The van der Waals surface area contributed by atoms with Crippen LogP contribution in [0.4, 0.5) is 10.1 Å². The number of hydrogen-bond acceptors (Lipinski definition) is 4. The summed E-state index contributed by atoms with van der Waals surface area (Å²) in [6, 6.07) is 8.99. The Morgan fingerprint density at radius 3 is 2.34 bits per heavy atom. The molecule has 35 heavy (non-hydrogen) atoms. The van der Waals surface area contributed by atoms with Crippen LogP contribution in [0.3, 0.4) is 0 Å². The van der Waals surface area contributed by atoms with Crippen molar-refractivity contribution in [1.82, 2.24) is 14.5 Å². The number of rotatable bonds is 11. The molecule has 0 aliphatic rings. The number of nitrogens with one attached hydrogen (secondary N) is 1. The van der Waals surface area contributed by atoms with E-state index in [9.17, 15) is 22.4 Å². The number of hydrogen-bond donors (Lipinski definition) is 1. The highest BCUT2D eigenvalue weighted by Gasteiger charge is 2.33. The van der Waals surface area contributed by atoms with Gasteiger partial charge in [-0.3, -0.25) is 9.59 Å². The maximum Gasteiger partial charge on any atom is 0.304 e. The summed E-state index contributed by atoms with van der Waals surface area (Å²) in [4.78, 5) is 27.5. The normalized spacial score (nSPS) is 12.3. The third-order valence-corrected chi connectivity index (χ3v) is 7.60. The molecular formula is C23H29Cl2FN4O4S. The van der Waals surface area contributed by atoms with Crippen LogP contribution in [0.25, 0.3) is 0 Å². The van der Waals surface area contributed by atoms with Crippen molar-refractivity contribution in [3.05, 3.63) is 63.9 Å². The second-order valence-corrected chi connectivity index (χ2v) is 10.9. The maximum atomic E-state index is 14.6. The van der Waals surface area contributed by atoms with Crippen molar-refractivity contribution in [3.8, 4) is 0 Å². The predicted molar refractivity (Wildman–Crippen MR) is 136 cm³/mol. The molecule has 8 nitrogen and oxygen atoms in total. The van der Waals surface area contributed by atoms with E-state index in [2.05, 4.69) is 5.32 Å². The van der Waals surface area contributed by atoms with Gasteiger partial charge in [0.15, 0.2) is 0 Å². The molecule has 0 aromatic heterocycles. The first kappa shape index (κ1) is 28.8. The van der Waals surface area contributed by atoms with Crippen LogP contribution in [0.5, 0.6) is 0 Å². The molecule has 12 heteroatoms. The smallest absolute Gasteiger partial charge is 0.304 e. The molecule has 2 aromatic rings. The first-order valence-electron chi connectivity index (χ1n) is 10.9. The number of anilines is 1. The van der Waals surface area contributed by atoms with Crippen molar-refractivity contribution in [1.29, 1.82) is 0 Å². The lowest BCUT2D eigenvalue weighted by Crippen LogP contribution is -2.52. The van der Waals surface area contributed by atoms with Gasteiger partial charge in [0.1, 0.15) is 18.4 Å². The van der Waals surface area contributed by atoms with Crippen LogP contribution in [0.15, 0.2) is 42.5 Å². The number of carbonyl (C=O) groups excluding carboxylic acids is 2. The molecular weight excluding hydrogens is 518 g/mol. The lowest BCUT2D eigenvalue weighted by molar-refractivity contribution is -0.139. The summed E-state index contributed by atoms with van der Waals surface area (Å²) in [5.74, 6) is -1.95. The van der Waals surface area contributed by atoms with E-state index in [-0.39, 0.29) is 17.3 Å². The summed E-state index contributed by atoms with van der Waals surface area (Å²) in [6.45, 7) is 2.99. The second kappa shape index (κ2) is 12.5. The Balaban J connectivity index is 2.49. The van der Waals surface area contributed by atoms with Crippen molar-refractivity contribution < 1.29 is 22.4 Å². The summed E-state index contributed by atoms with van der Waals surface area (Å²) in [6.07, 6.45) is 0.692. The Morgan fingerprint density at radius 2 is 1.77 bits per heavy atom. The molecule has 0 heterocycles. The van der Waals surface area contributed by atoms with Gasteiger partial charge in [-0.05, 0) is 43.2 Å². The minimum Gasteiger partial charge on any atom is -0.354 e. The first-order chi connectivity index (χ1) is 16.4. The van der Waals surface area contributed by atoms with Gasteiger partial charge >= 0.3 is 10.2 Å². The average Bonchev–Trinajstić information content (AvgIpc) is 2.80. The fourth-order valence-corrected chi connectivity index (χ4v) is 4.70. The summed E-state index contributed by atoms with van der Waals surface area (Å²) in [5.41, 5.74) is 0.217. The topological polar surface area (TPSA) is 90.0 Å². The zero-order valence-electron chi connectivity index (χ0n) is 20.0. The fraction of sp³-hybridized carbons (Fsp3) is 0.391. The van der Waals surface area contributed by atoms with Crippen molar-refractivity contribution in [3.63, 3.8) is 0 Å². The molecule has 0 radical (unpaired) electrons. The van der Waals surface area contributed by atoms with E-state index >= 15 is 0 Å². The Morgan fingerprint density at radius 1 is 1.11 bits per heavy atom. The second-order valence-electron chi connectivity index (χ2n) is 7.97. The van der Waals surface area contributed by atoms with Crippen LogP contribution in [0.2, 0.25) is 10.0 Å². The third-order valence-electron chi connectivity index (χ3n) is 5.21. The SMILES string of the molecule is CCCNC(=O)[C@H](C)N(Cc1ccc(Cl)cc1Cl)C(=O)CN(c1ccccc1F)S(=O)(=O)N(C)C. The lowest BCUT2D eigenvalue weighted by atomic mass is 10.1. The van der Waals surface area contributed by atoms with E-state index < -0.39 is 40.4 Å². The molecule has 0 saturated heterocycles. The van der Waals surface area contributed by atoms with Crippen LogP contribution >= 0.6 is 23.2 Å². The Labute approximate surface area is 215 Å². The highest BCUT2D eigenvalue weighted by molar-refractivity contribution is 7.90. The third kappa shape index (κ3) is 7.30.